The molecule has 5 rings (SSSR count). The predicted molar refractivity (Wildman–Crippen MR) is 114 cm³/mol. The zero-order chi connectivity index (χ0) is 19.1. The van der Waals surface area contributed by atoms with Crippen LogP contribution >= 0.6 is 0 Å². The number of hydrogen-bond acceptors (Lipinski definition) is 2. The molecule has 0 fully saturated rings. The summed E-state index contributed by atoms with van der Waals surface area (Å²) in [7, 11) is 0. The Morgan fingerprint density at radius 1 is 0.964 bits per heavy atom. The van der Waals surface area contributed by atoms with E-state index < -0.39 is 0 Å². The topological polar surface area (TPSA) is 50.7 Å². The van der Waals surface area contributed by atoms with E-state index in [1.165, 1.54) is 0 Å². The van der Waals surface area contributed by atoms with Crippen molar-refractivity contribution in [2.75, 3.05) is 0 Å². The molecule has 0 radical (unpaired) electrons. The van der Waals surface area contributed by atoms with E-state index >= 15 is 0 Å². The number of aromatic amines is 1. The molecular formula is C24H19N3O. The molecule has 0 spiro atoms. The monoisotopic (exact) mass is 365 g/mol. The molecule has 1 N–H and O–H groups in total. The van der Waals surface area contributed by atoms with Gasteiger partial charge in [0.15, 0.2) is 0 Å². The lowest BCUT2D eigenvalue weighted by Gasteiger charge is -2.15. The molecular weight excluding hydrogens is 346 g/mol. The zero-order valence-electron chi connectivity index (χ0n) is 15.5. The van der Waals surface area contributed by atoms with Crippen molar-refractivity contribution >= 4 is 21.8 Å². The molecule has 136 valence electrons. The summed E-state index contributed by atoms with van der Waals surface area (Å²) in [4.78, 5) is 21.3. The van der Waals surface area contributed by atoms with Crippen molar-refractivity contribution in [1.29, 1.82) is 0 Å². The molecule has 0 aliphatic carbocycles. The fourth-order valence-electron chi connectivity index (χ4n) is 3.86. The van der Waals surface area contributed by atoms with E-state index in [1.807, 2.05) is 71.6 Å². The van der Waals surface area contributed by atoms with Crippen molar-refractivity contribution in [3.8, 4) is 16.8 Å². The van der Waals surface area contributed by atoms with Crippen LogP contribution in [0.3, 0.4) is 0 Å². The first-order valence-electron chi connectivity index (χ1n) is 9.43. The van der Waals surface area contributed by atoms with Crippen LogP contribution in [0.25, 0.3) is 38.6 Å². The largest absolute Gasteiger partial charge is 0.346 e. The van der Waals surface area contributed by atoms with Gasteiger partial charge in [-0.1, -0.05) is 43.3 Å². The van der Waals surface area contributed by atoms with Crippen molar-refractivity contribution in [2.45, 2.75) is 13.3 Å². The summed E-state index contributed by atoms with van der Waals surface area (Å²) in [6.07, 6.45) is 4.48. The third kappa shape index (κ3) is 2.54. The molecule has 0 amide bonds. The molecule has 4 nitrogen and oxygen atoms in total. The van der Waals surface area contributed by atoms with E-state index in [4.69, 9.17) is 0 Å². The smallest absolute Gasteiger partial charge is 0.263 e. The van der Waals surface area contributed by atoms with Crippen LogP contribution in [-0.2, 0) is 6.42 Å². The number of nitrogens with zero attached hydrogens (tertiary/aromatic N) is 2. The number of H-pyrrole nitrogens is 1. The summed E-state index contributed by atoms with van der Waals surface area (Å²) >= 11 is 0. The van der Waals surface area contributed by atoms with Crippen molar-refractivity contribution < 1.29 is 0 Å². The van der Waals surface area contributed by atoms with E-state index in [2.05, 4.69) is 29.0 Å². The van der Waals surface area contributed by atoms with Gasteiger partial charge >= 0.3 is 0 Å². The maximum atomic E-state index is 13.7. The Hall–Kier alpha value is -3.66. The molecule has 4 heteroatoms. The van der Waals surface area contributed by atoms with Gasteiger partial charge in [0.2, 0.25) is 0 Å². The zero-order valence-corrected chi connectivity index (χ0v) is 15.5. The third-order valence-electron chi connectivity index (χ3n) is 5.21. The minimum atomic E-state index is 0.00492. The molecule has 28 heavy (non-hydrogen) atoms. The minimum absolute atomic E-state index is 0.00492. The molecule has 0 atom stereocenters. The minimum Gasteiger partial charge on any atom is -0.346 e. The van der Waals surface area contributed by atoms with E-state index in [1.54, 1.807) is 0 Å². The highest BCUT2D eigenvalue weighted by molar-refractivity contribution is 5.97. The van der Waals surface area contributed by atoms with Crippen LogP contribution in [0, 0.1) is 0 Å². The van der Waals surface area contributed by atoms with E-state index in [-0.39, 0.29) is 5.56 Å². The molecule has 0 saturated heterocycles. The normalized spacial score (nSPS) is 11.3. The van der Waals surface area contributed by atoms with Gasteiger partial charge in [-0.25, -0.2) is 4.98 Å². The number of pyridine rings is 2. The Labute approximate surface area is 162 Å². The third-order valence-corrected chi connectivity index (χ3v) is 5.21. The van der Waals surface area contributed by atoms with E-state index in [0.29, 0.717) is 0 Å². The molecule has 5 aromatic rings. The Kier molecular flexibility index (Phi) is 3.83. The molecule has 3 aromatic heterocycles. The number of nitrogens with one attached hydrogen (secondary N) is 1. The van der Waals surface area contributed by atoms with Gasteiger partial charge in [-0.05, 0) is 47.7 Å². The van der Waals surface area contributed by atoms with Gasteiger partial charge in [0.25, 0.3) is 5.56 Å². The summed E-state index contributed by atoms with van der Waals surface area (Å²) in [6, 6.07) is 22.0. The number of rotatable bonds is 3. The Morgan fingerprint density at radius 3 is 2.64 bits per heavy atom. The molecule has 0 bridgehead atoms. The Morgan fingerprint density at radius 2 is 1.82 bits per heavy atom. The lowest BCUT2D eigenvalue weighted by molar-refractivity contribution is 0.889. The summed E-state index contributed by atoms with van der Waals surface area (Å²) in [5.74, 6) is 0. The molecule has 2 aromatic carbocycles. The first kappa shape index (κ1) is 16.5. The van der Waals surface area contributed by atoms with Crippen LogP contribution in [-0.4, -0.2) is 14.5 Å². The summed E-state index contributed by atoms with van der Waals surface area (Å²) < 4.78 is 1.83. The quantitative estimate of drug-likeness (QED) is 0.484. The van der Waals surface area contributed by atoms with Gasteiger partial charge in [0.05, 0.1) is 5.39 Å². The van der Waals surface area contributed by atoms with Crippen LogP contribution in [0.4, 0.5) is 0 Å². The number of hydrogen-bond donors (Lipinski definition) is 1. The van der Waals surface area contributed by atoms with Gasteiger partial charge in [-0.15, -0.1) is 0 Å². The van der Waals surface area contributed by atoms with E-state index in [0.717, 1.165) is 50.7 Å². The van der Waals surface area contributed by atoms with Crippen molar-refractivity contribution in [2.24, 2.45) is 0 Å². The summed E-state index contributed by atoms with van der Waals surface area (Å²) in [6.45, 7) is 2.08. The van der Waals surface area contributed by atoms with Crippen molar-refractivity contribution in [3.05, 3.63) is 95.2 Å². The van der Waals surface area contributed by atoms with Gasteiger partial charge < -0.3 is 4.98 Å². The fourth-order valence-corrected chi connectivity index (χ4v) is 3.86. The highest BCUT2D eigenvalue weighted by Crippen LogP contribution is 2.29. The van der Waals surface area contributed by atoms with Gasteiger partial charge in [-0.3, -0.25) is 9.36 Å². The highest BCUT2D eigenvalue weighted by Gasteiger charge is 2.14. The fraction of sp³-hybridized carbons (Fsp3) is 0.0833. The van der Waals surface area contributed by atoms with Crippen LogP contribution in [0.2, 0.25) is 0 Å². The first-order chi connectivity index (χ1) is 13.8. The number of aryl methyl sites for hydroxylation is 1. The molecule has 0 saturated carbocycles. The molecule has 0 unspecified atom stereocenters. The Balaban J connectivity index is 1.85. The van der Waals surface area contributed by atoms with Crippen molar-refractivity contribution in [1.82, 2.24) is 14.5 Å². The van der Waals surface area contributed by atoms with E-state index in [9.17, 15) is 4.79 Å². The average molecular weight is 365 g/mol. The maximum Gasteiger partial charge on any atom is 0.263 e. The average Bonchev–Trinajstić information content (AvgIpc) is 3.21. The molecule has 0 aliphatic rings. The number of aromatic nitrogens is 3. The second-order valence-electron chi connectivity index (χ2n) is 6.87. The molecule has 3 heterocycles. The second kappa shape index (κ2) is 6.50. The van der Waals surface area contributed by atoms with Gasteiger partial charge in [0, 0.05) is 34.7 Å². The number of benzene rings is 2. The predicted octanol–water partition coefficient (Wildman–Crippen LogP) is 5.10. The molecule has 0 aliphatic heterocycles. The first-order valence-corrected chi connectivity index (χ1v) is 9.43. The lowest BCUT2D eigenvalue weighted by Crippen LogP contribution is -2.22. The number of para-hydroxylation sites is 1. The highest BCUT2D eigenvalue weighted by atomic mass is 16.1. The summed E-state index contributed by atoms with van der Waals surface area (Å²) in [5.41, 5.74) is 4.59. The maximum absolute atomic E-state index is 13.7. The van der Waals surface area contributed by atoms with Crippen LogP contribution in [0.1, 0.15) is 12.6 Å². The van der Waals surface area contributed by atoms with Crippen LogP contribution in [0.5, 0.6) is 0 Å². The standard InChI is InChI=1S/C24H19N3O/c1-2-19-14-16-7-6-10-21(18-13-17-11-12-25-23(17)26-15-18)22(16)24(28)27(19)20-8-4-3-5-9-20/h3-15H,2H2,1H3,(H,25,26). The van der Waals surface area contributed by atoms with Gasteiger partial charge in [0.1, 0.15) is 5.65 Å². The van der Waals surface area contributed by atoms with Gasteiger partial charge in [-0.2, -0.15) is 0 Å². The second-order valence-corrected chi connectivity index (χ2v) is 6.87. The lowest BCUT2D eigenvalue weighted by atomic mass is 9.99. The Bertz CT molecular complexity index is 1360. The SMILES string of the molecule is CCc1cc2cccc(-c3cnc4[nH]ccc4c3)c2c(=O)n1-c1ccccc1. The summed E-state index contributed by atoms with van der Waals surface area (Å²) in [5, 5.41) is 2.71. The van der Waals surface area contributed by atoms with Crippen LogP contribution < -0.4 is 5.56 Å². The van der Waals surface area contributed by atoms with Crippen molar-refractivity contribution in [3.63, 3.8) is 0 Å². The van der Waals surface area contributed by atoms with Crippen LogP contribution in [0.15, 0.2) is 83.9 Å². The number of fused-ring (bicyclic) bond motifs is 2.